The van der Waals surface area contributed by atoms with Crippen LogP contribution in [0.5, 0.6) is 5.75 Å². The second kappa shape index (κ2) is 5.82. The third kappa shape index (κ3) is 3.10. The fraction of sp³-hybridized carbons (Fsp3) is 0.231. The minimum absolute atomic E-state index is 0.194. The van der Waals surface area contributed by atoms with Gasteiger partial charge in [-0.25, -0.2) is 4.39 Å². The Balaban J connectivity index is 2.08. The summed E-state index contributed by atoms with van der Waals surface area (Å²) in [6.45, 7) is 1.92. The Morgan fingerprint density at radius 3 is 2.78 bits per heavy atom. The molecule has 0 radical (unpaired) electrons. The summed E-state index contributed by atoms with van der Waals surface area (Å²) in [5.41, 5.74) is 0.539. The van der Waals surface area contributed by atoms with E-state index in [1.165, 1.54) is 6.07 Å². The Hall–Kier alpha value is -0.910. The van der Waals surface area contributed by atoms with E-state index in [1.54, 1.807) is 30.4 Å². The van der Waals surface area contributed by atoms with Crippen molar-refractivity contribution in [2.45, 2.75) is 19.6 Å². The SMILES string of the molecule is C[C@H](O)c1ccc(OCc2sccc2Br)c(F)c1. The van der Waals surface area contributed by atoms with Crippen LogP contribution in [0.3, 0.4) is 0 Å². The number of halogens is 2. The van der Waals surface area contributed by atoms with Crippen LogP contribution in [0.2, 0.25) is 0 Å². The number of thiophene rings is 1. The van der Waals surface area contributed by atoms with Crippen molar-refractivity contribution in [2.75, 3.05) is 0 Å². The van der Waals surface area contributed by atoms with Gasteiger partial charge in [-0.3, -0.25) is 0 Å². The summed E-state index contributed by atoms with van der Waals surface area (Å²) in [4.78, 5) is 1.01. The van der Waals surface area contributed by atoms with E-state index in [9.17, 15) is 9.50 Å². The lowest BCUT2D eigenvalue weighted by Gasteiger charge is -2.09. The first-order valence-corrected chi connectivity index (χ1v) is 7.07. The average Bonchev–Trinajstić information content (AvgIpc) is 2.73. The van der Waals surface area contributed by atoms with Gasteiger partial charge in [0.15, 0.2) is 11.6 Å². The molecule has 0 fully saturated rings. The molecule has 0 saturated carbocycles. The Labute approximate surface area is 117 Å². The van der Waals surface area contributed by atoms with Gasteiger partial charge in [0.1, 0.15) is 6.61 Å². The molecule has 1 aromatic heterocycles. The largest absolute Gasteiger partial charge is 0.485 e. The predicted octanol–water partition coefficient (Wildman–Crippen LogP) is 4.28. The molecular formula is C13H12BrFO2S. The molecule has 0 spiro atoms. The topological polar surface area (TPSA) is 29.5 Å². The van der Waals surface area contributed by atoms with Crippen molar-refractivity contribution < 1.29 is 14.2 Å². The highest BCUT2D eigenvalue weighted by Crippen LogP contribution is 2.26. The first-order chi connectivity index (χ1) is 8.58. The molecular weight excluding hydrogens is 319 g/mol. The highest BCUT2D eigenvalue weighted by atomic mass is 79.9. The van der Waals surface area contributed by atoms with Crippen LogP contribution < -0.4 is 4.74 Å². The maximum absolute atomic E-state index is 13.7. The van der Waals surface area contributed by atoms with E-state index < -0.39 is 11.9 Å². The Kier molecular flexibility index (Phi) is 4.37. The van der Waals surface area contributed by atoms with Gasteiger partial charge in [-0.05, 0) is 52.0 Å². The van der Waals surface area contributed by atoms with Crippen molar-refractivity contribution in [3.63, 3.8) is 0 Å². The summed E-state index contributed by atoms with van der Waals surface area (Å²) in [7, 11) is 0. The molecule has 0 amide bonds. The van der Waals surface area contributed by atoms with E-state index in [0.717, 1.165) is 9.35 Å². The minimum atomic E-state index is -0.681. The van der Waals surface area contributed by atoms with Gasteiger partial charge in [-0.15, -0.1) is 11.3 Å². The maximum Gasteiger partial charge on any atom is 0.165 e. The zero-order chi connectivity index (χ0) is 13.1. The molecule has 0 aliphatic carbocycles. The van der Waals surface area contributed by atoms with Gasteiger partial charge in [0.25, 0.3) is 0 Å². The number of rotatable bonds is 4. The van der Waals surface area contributed by atoms with Gasteiger partial charge >= 0.3 is 0 Å². The van der Waals surface area contributed by atoms with Gasteiger partial charge in [0.2, 0.25) is 0 Å². The van der Waals surface area contributed by atoms with Crippen LogP contribution in [0.15, 0.2) is 34.1 Å². The maximum atomic E-state index is 13.7. The van der Waals surface area contributed by atoms with Crippen LogP contribution in [0.4, 0.5) is 4.39 Å². The summed E-state index contributed by atoms with van der Waals surface area (Å²) in [5.74, 6) is -0.263. The van der Waals surface area contributed by atoms with E-state index in [2.05, 4.69) is 15.9 Å². The molecule has 0 unspecified atom stereocenters. The van der Waals surface area contributed by atoms with Crippen molar-refractivity contribution in [3.8, 4) is 5.75 Å². The quantitative estimate of drug-likeness (QED) is 0.906. The van der Waals surface area contributed by atoms with Crippen molar-refractivity contribution in [3.05, 3.63) is 50.4 Å². The molecule has 2 rings (SSSR count). The lowest BCUT2D eigenvalue weighted by Crippen LogP contribution is -1.98. The standard InChI is InChI=1S/C13H12BrFO2S/c1-8(16)9-2-3-12(11(15)6-9)17-7-13-10(14)4-5-18-13/h2-6,8,16H,7H2,1H3/t8-/m0/s1. The minimum Gasteiger partial charge on any atom is -0.485 e. The normalized spacial score (nSPS) is 12.4. The smallest absolute Gasteiger partial charge is 0.165 e. The molecule has 2 aromatic rings. The highest BCUT2D eigenvalue weighted by Gasteiger charge is 2.09. The summed E-state index contributed by atoms with van der Waals surface area (Å²) in [6, 6.07) is 6.42. The molecule has 0 saturated heterocycles. The van der Waals surface area contributed by atoms with Gasteiger partial charge in [-0.2, -0.15) is 0 Å². The molecule has 1 N–H and O–H groups in total. The van der Waals surface area contributed by atoms with Crippen molar-refractivity contribution in [1.29, 1.82) is 0 Å². The van der Waals surface area contributed by atoms with E-state index in [-0.39, 0.29) is 5.75 Å². The number of aliphatic hydroxyl groups excluding tert-OH is 1. The molecule has 2 nitrogen and oxygen atoms in total. The summed E-state index contributed by atoms with van der Waals surface area (Å²) >= 11 is 4.94. The molecule has 0 bridgehead atoms. The van der Waals surface area contributed by atoms with Gasteiger partial charge in [0, 0.05) is 4.47 Å². The Bertz CT molecular complexity index is 540. The number of ether oxygens (including phenoxy) is 1. The van der Waals surface area contributed by atoms with Gasteiger partial charge in [-0.1, -0.05) is 6.07 Å². The van der Waals surface area contributed by atoms with Crippen molar-refractivity contribution >= 4 is 27.3 Å². The molecule has 96 valence electrons. The summed E-state index contributed by atoms with van der Waals surface area (Å²) in [5, 5.41) is 11.3. The van der Waals surface area contributed by atoms with Crippen molar-refractivity contribution in [2.24, 2.45) is 0 Å². The zero-order valence-corrected chi connectivity index (χ0v) is 12.1. The van der Waals surface area contributed by atoms with Crippen LogP contribution in [0, 0.1) is 5.82 Å². The van der Waals surface area contributed by atoms with Gasteiger partial charge < -0.3 is 9.84 Å². The summed E-state index contributed by atoms with van der Waals surface area (Å²) < 4.78 is 20.1. The zero-order valence-electron chi connectivity index (χ0n) is 9.69. The summed E-state index contributed by atoms with van der Waals surface area (Å²) in [6.07, 6.45) is -0.681. The van der Waals surface area contributed by atoms with Crippen LogP contribution in [-0.4, -0.2) is 5.11 Å². The molecule has 18 heavy (non-hydrogen) atoms. The Morgan fingerprint density at radius 1 is 1.44 bits per heavy atom. The number of benzene rings is 1. The third-order valence-corrected chi connectivity index (χ3v) is 4.39. The van der Waals surface area contributed by atoms with E-state index >= 15 is 0 Å². The lowest BCUT2D eigenvalue weighted by atomic mass is 10.1. The second-order valence-corrected chi connectivity index (χ2v) is 5.70. The third-order valence-electron chi connectivity index (χ3n) is 2.49. The molecule has 1 heterocycles. The molecule has 1 aromatic carbocycles. The molecule has 0 aliphatic heterocycles. The monoisotopic (exact) mass is 330 g/mol. The average molecular weight is 331 g/mol. The van der Waals surface area contributed by atoms with E-state index in [1.807, 2.05) is 11.4 Å². The number of hydrogen-bond acceptors (Lipinski definition) is 3. The van der Waals surface area contributed by atoms with Gasteiger partial charge in [0.05, 0.1) is 11.0 Å². The fourth-order valence-corrected chi connectivity index (χ4v) is 2.84. The molecule has 1 atom stereocenters. The fourth-order valence-electron chi connectivity index (χ4n) is 1.47. The van der Waals surface area contributed by atoms with Crippen LogP contribution >= 0.6 is 27.3 Å². The predicted molar refractivity (Wildman–Crippen MR) is 73.4 cm³/mol. The Morgan fingerprint density at radius 2 is 2.22 bits per heavy atom. The molecule has 5 heteroatoms. The lowest BCUT2D eigenvalue weighted by molar-refractivity contribution is 0.198. The van der Waals surface area contributed by atoms with Crippen molar-refractivity contribution in [1.82, 2.24) is 0 Å². The molecule has 0 aliphatic rings. The number of aliphatic hydroxyl groups is 1. The first-order valence-electron chi connectivity index (χ1n) is 5.40. The van der Waals surface area contributed by atoms with E-state index in [0.29, 0.717) is 12.2 Å². The number of hydrogen-bond donors (Lipinski definition) is 1. The first kappa shape index (κ1) is 13.5. The van der Waals surface area contributed by atoms with Crippen LogP contribution in [0.25, 0.3) is 0 Å². The van der Waals surface area contributed by atoms with E-state index in [4.69, 9.17) is 4.74 Å². The van der Waals surface area contributed by atoms with Crippen LogP contribution in [0.1, 0.15) is 23.5 Å². The highest BCUT2D eigenvalue weighted by molar-refractivity contribution is 9.10. The van der Waals surface area contributed by atoms with Crippen LogP contribution in [-0.2, 0) is 6.61 Å². The second-order valence-electron chi connectivity index (χ2n) is 3.85.